The summed E-state index contributed by atoms with van der Waals surface area (Å²) < 4.78 is 16.3. The van der Waals surface area contributed by atoms with Crippen molar-refractivity contribution in [3.05, 3.63) is 29.8 Å². The Morgan fingerprint density at radius 1 is 1.43 bits per heavy atom. The van der Waals surface area contributed by atoms with Crippen molar-refractivity contribution in [3.8, 4) is 5.75 Å². The van der Waals surface area contributed by atoms with Gasteiger partial charge in [-0.3, -0.25) is 4.79 Å². The van der Waals surface area contributed by atoms with Crippen molar-refractivity contribution in [2.45, 2.75) is 38.8 Å². The first kappa shape index (κ1) is 17.8. The summed E-state index contributed by atoms with van der Waals surface area (Å²) >= 11 is 0. The van der Waals surface area contributed by atoms with Crippen LogP contribution in [0.2, 0.25) is 0 Å². The summed E-state index contributed by atoms with van der Waals surface area (Å²) in [6, 6.07) is 7.84. The van der Waals surface area contributed by atoms with Crippen LogP contribution >= 0.6 is 0 Å². The Balaban J connectivity index is 2.00. The molecule has 0 bridgehead atoms. The molecular formula is C18H27NO4. The lowest BCUT2D eigenvalue weighted by Gasteiger charge is -2.26. The minimum absolute atomic E-state index is 0.108. The van der Waals surface area contributed by atoms with Gasteiger partial charge >= 0.3 is 0 Å². The molecule has 0 spiro atoms. The molecule has 1 aromatic carbocycles. The number of amides is 1. The number of rotatable bonds is 9. The summed E-state index contributed by atoms with van der Waals surface area (Å²) in [6.45, 7) is 5.05. The zero-order valence-corrected chi connectivity index (χ0v) is 14.1. The summed E-state index contributed by atoms with van der Waals surface area (Å²) in [5.74, 6) is 0.915. The van der Waals surface area contributed by atoms with Crippen LogP contribution in [-0.2, 0) is 20.8 Å². The van der Waals surface area contributed by atoms with Crippen LogP contribution in [0.1, 0.15) is 31.7 Å². The van der Waals surface area contributed by atoms with Crippen molar-refractivity contribution in [3.63, 3.8) is 0 Å². The van der Waals surface area contributed by atoms with Gasteiger partial charge in [-0.2, -0.15) is 0 Å². The topological polar surface area (TPSA) is 48.0 Å². The van der Waals surface area contributed by atoms with Gasteiger partial charge in [0.25, 0.3) is 0 Å². The Kier molecular flexibility index (Phi) is 7.36. The van der Waals surface area contributed by atoms with Gasteiger partial charge in [-0.25, -0.2) is 0 Å². The molecule has 2 rings (SSSR count). The van der Waals surface area contributed by atoms with Crippen molar-refractivity contribution in [1.29, 1.82) is 0 Å². The minimum Gasteiger partial charge on any atom is -0.497 e. The van der Waals surface area contributed by atoms with E-state index in [4.69, 9.17) is 14.2 Å². The Morgan fingerprint density at radius 3 is 3.00 bits per heavy atom. The first-order chi connectivity index (χ1) is 11.2. The lowest BCUT2D eigenvalue weighted by Crippen LogP contribution is -2.37. The second-order valence-electron chi connectivity index (χ2n) is 5.71. The highest BCUT2D eigenvalue weighted by Crippen LogP contribution is 2.18. The van der Waals surface area contributed by atoms with E-state index in [2.05, 4.69) is 0 Å². The van der Waals surface area contributed by atoms with Crippen LogP contribution in [0.5, 0.6) is 5.75 Å². The van der Waals surface area contributed by atoms with E-state index >= 15 is 0 Å². The molecule has 1 amide bonds. The van der Waals surface area contributed by atoms with E-state index < -0.39 is 0 Å². The molecule has 128 valence electrons. The Labute approximate surface area is 138 Å². The van der Waals surface area contributed by atoms with Crippen molar-refractivity contribution in [1.82, 2.24) is 4.90 Å². The molecule has 1 heterocycles. The molecule has 5 heteroatoms. The van der Waals surface area contributed by atoms with Gasteiger partial charge in [0.1, 0.15) is 5.75 Å². The molecule has 1 atom stereocenters. The van der Waals surface area contributed by atoms with Gasteiger partial charge in [-0.1, -0.05) is 12.1 Å². The highest BCUT2D eigenvalue weighted by Gasteiger charge is 2.22. The van der Waals surface area contributed by atoms with Crippen LogP contribution in [0.15, 0.2) is 24.3 Å². The molecule has 1 aliphatic rings. The van der Waals surface area contributed by atoms with Gasteiger partial charge in [0, 0.05) is 26.3 Å². The number of nitrogens with zero attached hydrogens (tertiary/aromatic N) is 1. The zero-order valence-electron chi connectivity index (χ0n) is 14.1. The largest absolute Gasteiger partial charge is 0.497 e. The molecule has 0 aromatic heterocycles. The summed E-state index contributed by atoms with van der Waals surface area (Å²) in [5, 5.41) is 0. The van der Waals surface area contributed by atoms with E-state index in [9.17, 15) is 4.79 Å². The third-order valence-electron chi connectivity index (χ3n) is 3.97. The summed E-state index contributed by atoms with van der Waals surface area (Å²) in [5.41, 5.74) is 1.06. The fourth-order valence-corrected chi connectivity index (χ4v) is 2.74. The second-order valence-corrected chi connectivity index (χ2v) is 5.71. The summed E-state index contributed by atoms with van der Waals surface area (Å²) in [7, 11) is 1.65. The van der Waals surface area contributed by atoms with Crippen LogP contribution in [0.25, 0.3) is 0 Å². The van der Waals surface area contributed by atoms with Gasteiger partial charge < -0.3 is 19.1 Å². The molecule has 0 aliphatic carbocycles. The van der Waals surface area contributed by atoms with Gasteiger partial charge in [-0.05, 0) is 37.5 Å². The van der Waals surface area contributed by atoms with E-state index in [-0.39, 0.29) is 12.0 Å². The highest BCUT2D eigenvalue weighted by molar-refractivity contribution is 5.76. The van der Waals surface area contributed by atoms with Crippen molar-refractivity contribution in [2.24, 2.45) is 0 Å². The molecule has 1 unspecified atom stereocenters. The fraction of sp³-hybridized carbons (Fsp3) is 0.611. The number of methoxy groups -OCH3 is 1. The average molecular weight is 321 g/mol. The first-order valence-corrected chi connectivity index (χ1v) is 8.33. The third kappa shape index (κ3) is 5.84. The molecule has 0 N–H and O–H groups in total. The number of carbonyl (C=O) groups excluding carboxylic acids is 1. The molecule has 0 saturated carbocycles. The Morgan fingerprint density at radius 2 is 2.30 bits per heavy atom. The van der Waals surface area contributed by atoms with E-state index in [1.165, 1.54) is 0 Å². The quantitative estimate of drug-likeness (QED) is 0.656. The van der Waals surface area contributed by atoms with Gasteiger partial charge in [0.15, 0.2) is 0 Å². The summed E-state index contributed by atoms with van der Waals surface area (Å²) in [4.78, 5) is 14.4. The van der Waals surface area contributed by atoms with E-state index in [0.29, 0.717) is 32.7 Å². The number of ether oxygens (including phenoxy) is 3. The monoisotopic (exact) mass is 321 g/mol. The van der Waals surface area contributed by atoms with Crippen LogP contribution < -0.4 is 4.74 Å². The third-order valence-corrected chi connectivity index (χ3v) is 3.97. The molecule has 23 heavy (non-hydrogen) atoms. The normalized spacial score (nSPS) is 17.2. The summed E-state index contributed by atoms with van der Waals surface area (Å²) in [6.07, 6.45) is 2.65. The molecular weight excluding hydrogens is 294 g/mol. The molecule has 1 aromatic rings. The predicted octanol–water partition coefficient (Wildman–Crippen LogP) is 2.63. The lowest BCUT2D eigenvalue weighted by molar-refractivity contribution is -0.134. The maximum atomic E-state index is 12.5. The lowest BCUT2D eigenvalue weighted by atomic mass is 10.1. The highest BCUT2D eigenvalue weighted by atomic mass is 16.5. The predicted molar refractivity (Wildman–Crippen MR) is 88.5 cm³/mol. The van der Waals surface area contributed by atoms with Crippen LogP contribution in [0.3, 0.4) is 0 Å². The molecule has 5 nitrogen and oxygen atoms in total. The molecule has 1 saturated heterocycles. The van der Waals surface area contributed by atoms with E-state index in [1.54, 1.807) is 7.11 Å². The van der Waals surface area contributed by atoms with Crippen LogP contribution in [0.4, 0.5) is 0 Å². The Bertz CT molecular complexity index is 486. The number of carbonyl (C=O) groups is 1. The minimum atomic E-state index is 0.108. The van der Waals surface area contributed by atoms with Crippen molar-refractivity contribution in [2.75, 3.05) is 33.5 Å². The van der Waals surface area contributed by atoms with Gasteiger partial charge in [0.2, 0.25) is 5.91 Å². The Hall–Kier alpha value is -1.59. The fourth-order valence-electron chi connectivity index (χ4n) is 2.74. The number of hydrogen-bond acceptors (Lipinski definition) is 4. The molecule has 0 radical (unpaired) electrons. The smallest absolute Gasteiger partial charge is 0.225 e. The van der Waals surface area contributed by atoms with Crippen molar-refractivity contribution >= 4 is 5.91 Å². The maximum Gasteiger partial charge on any atom is 0.225 e. The average Bonchev–Trinajstić information content (AvgIpc) is 3.07. The number of hydrogen-bond donors (Lipinski definition) is 0. The van der Waals surface area contributed by atoms with Crippen LogP contribution in [-0.4, -0.2) is 50.4 Å². The molecule has 1 aliphatic heterocycles. The van der Waals surface area contributed by atoms with Gasteiger partial charge in [-0.15, -0.1) is 0 Å². The van der Waals surface area contributed by atoms with Crippen molar-refractivity contribution < 1.29 is 19.0 Å². The van der Waals surface area contributed by atoms with Gasteiger partial charge in [0.05, 0.1) is 26.2 Å². The zero-order chi connectivity index (χ0) is 16.5. The second kappa shape index (κ2) is 9.53. The SMILES string of the molecule is CCOCCC(=O)N(Cc1cccc(OC)c1)CC1CCCO1. The number of benzene rings is 1. The maximum absolute atomic E-state index is 12.5. The van der Waals surface area contributed by atoms with E-state index in [0.717, 1.165) is 30.8 Å². The van der Waals surface area contributed by atoms with Crippen LogP contribution in [0, 0.1) is 0 Å². The first-order valence-electron chi connectivity index (χ1n) is 8.33. The molecule has 1 fully saturated rings. The van der Waals surface area contributed by atoms with E-state index in [1.807, 2.05) is 36.1 Å². The standard InChI is InChI=1S/C18H27NO4/c1-3-22-11-9-18(20)19(14-17-8-5-10-23-17)13-15-6-4-7-16(12-15)21-2/h4,6-7,12,17H,3,5,8-11,13-14H2,1-2H3.